The van der Waals surface area contributed by atoms with Gasteiger partial charge in [-0.25, -0.2) is 0 Å². The summed E-state index contributed by atoms with van der Waals surface area (Å²) in [5.41, 5.74) is 7.67. The van der Waals surface area contributed by atoms with E-state index in [1.54, 1.807) is 0 Å². The Hall–Kier alpha value is -1.35. The molecule has 18 heavy (non-hydrogen) atoms. The first-order valence-electron chi connectivity index (χ1n) is 6.65. The fourth-order valence-electron chi connectivity index (χ4n) is 2.55. The van der Waals surface area contributed by atoms with Gasteiger partial charge in [-0.2, -0.15) is 0 Å². The van der Waals surface area contributed by atoms with Crippen molar-refractivity contribution in [1.82, 2.24) is 0 Å². The maximum Gasteiger partial charge on any atom is 0.234 e. The molecular formula is C15H22N2O. The molecule has 1 aliphatic heterocycles. The van der Waals surface area contributed by atoms with Gasteiger partial charge in [0.2, 0.25) is 5.91 Å². The van der Waals surface area contributed by atoms with E-state index in [4.69, 9.17) is 5.73 Å². The van der Waals surface area contributed by atoms with Crippen LogP contribution in [0.3, 0.4) is 0 Å². The molecule has 3 heteroatoms. The highest BCUT2D eigenvalue weighted by atomic mass is 16.2. The number of rotatable bonds is 3. The van der Waals surface area contributed by atoms with Crippen molar-refractivity contribution < 1.29 is 4.79 Å². The van der Waals surface area contributed by atoms with E-state index < -0.39 is 5.41 Å². The first-order valence-corrected chi connectivity index (χ1v) is 6.65. The van der Waals surface area contributed by atoms with Crippen molar-refractivity contribution in [3.8, 4) is 0 Å². The lowest BCUT2D eigenvalue weighted by Gasteiger charge is -2.33. The lowest BCUT2D eigenvalue weighted by atomic mass is 9.85. The van der Waals surface area contributed by atoms with Gasteiger partial charge in [0.05, 0.1) is 5.41 Å². The molecule has 0 fully saturated rings. The van der Waals surface area contributed by atoms with Crippen LogP contribution in [-0.2, 0) is 11.2 Å². The van der Waals surface area contributed by atoms with Gasteiger partial charge in [-0.1, -0.05) is 25.1 Å². The number of carbonyl (C=O) groups excluding carboxylic acids is 1. The Morgan fingerprint density at radius 1 is 1.50 bits per heavy atom. The Balaban J connectivity index is 2.37. The van der Waals surface area contributed by atoms with Gasteiger partial charge in [0, 0.05) is 18.3 Å². The van der Waals surface area contributed by atoms with E-state index >= 15 is 0 Å². The molecule has 2 unspecified atom stereocenters. The molecule has 3 nitrogen and oxygen atoms in total. The van der Waals surface area contributed by atoms with Crippen LogP contribution in [0.5, 0.6) is 0 Å². The second-order valence-electron chi connectivity index (χ2n) is 5.48. The summed E-state index contributed by atoms with van der Waals surface area (Å²) in [7, 11) is 0. The number of anilines is 1. The van der Waals surface area contributed by atoms with Crippen molar-refractivity contribution in [3.63, 3.8) is 0 Å². The van der Waals surface area contributed by atoms with Crippen LogP contribution in [0.2, 0.25) is 0 Å². The highest BCUT2D eigenvalue weighted by Crippen LogP contribution is 2.36. The highest BCUT2D eigenvalue weighted by Gasteiger charge is 2.39. The normalized spacial score (nSPS) is 21.6. The van der Waals surface area contributed by atoms with Gasteiger partial charge < -0.3 is 10.6 Å². The van der Waals surface area contributed by atoms with E-state index in [2.05, 4.69) is 13.0 Å². The lowest BCUT2D eigenvalue weighted by Crippen LogP contribution is -2.48. The number of amides is 1. The van der Waals surface area contributed by atoms with Crippen molar-refractivity contribution in [3.05, 3.63) is 29.8 Å². The zero-order valence-electron chi connectivity index (χ0n) is 11.4. The molecule has 98 valence electrons. The third kappa shape index (κ3) is 1.93. The SMILES string of the molecule is CCC(C)(CN)C(=O)N1c2ccccc2CC1C. The molecular weight excluding hydrogens is 224 g/mol. The summed E-state index contributed by atoms with van der Waals surface area (Å²) < 4.78 is 0. The van der Waals surface area contributed by atoms with Crippen molar-refractivity contribution in [2.45, 2.75) is 39.7 Å². The average Bonchev–Trinajstić information content (AvgIpc) is 2.72. The average molecular weight is 246 g/mol. The molecule has 1 amide bonds. The fraction of sp³-hybridized carbons (Fsp3) is 0.533. The molecule has 1 aliphatic rings. The molecule has 0 aliphatic carbocycles. The van der Waals surface area contributed by atoms with E-state index in [0.29, 0.717) is 6.54 Å². The van der Waals surface area contributed by atoms with Gasteiger partial charge in [-0.3, -0.25) is 4.79 Å². The fourth-order valence-corrected chi connectivity index (χ4v) is 2.55. The summed E-state index contributed by atoms with van der Waals surface area (Å²) in [4.78, 5) is 14.7. The number of nitrogens with zero attached hydrogens (tertiary/aromatic N) is 1. The zero-order valence-corrected chi connectivity index (χ0v) is 11.4. The predicted molar refractivity (Wildman–Crippen MR) is 74.5 cm³/mol. The monoisotopic (exact) mass is 246 g/mol. The van der Waals surface area contributed by atoms with Crippen molar-refractivity contribution in [2.75, 3.05) is 11.4 Å². The molecule has 2 rings (SSSR count). The molecule has 1 aromatic rings. The zero-order chi connectivity index (χ0) is 13.3. The second kappa shape index (κ2) is 4.73. The van der Waals surface area contributed by atoms with E-state index in [9.17, 15) is 4.79 Å². The largest absolute Gasteiger partial charge is 0.329 e. The van der Waals surface area contributed by atoms with E-state index in [0.717, 1.165) is 18.5 Å². The summed E-state index contributed by atoms with van der Waals surface area (Å²) in [5.74, 6) is 0.157. The van der Waals surface area contributed by atoms with Crippen LogP contribution in [0.25, 0.3) is 0 Å². The third-order valence-electron chi connectivity index (χ3n) is 4.17. The van der Waals surface area contributed by atoms with Crippen molar-refractivity contribution in [2.24, 2.45) is 11.1 Å². The summed E-state index contributed by atoms with van der Waals surface area (Å²) >= 11 is 0. The van der Waals surface area contributed by atoms with Gasteiger partial charge >= 0.3 is 0 Å². The first kappa shape index (κ1) is 13.1. The number of hydrogen-bond donors (Lipinski definition) is 1. The van der Waals surface area contributed by atoms with Gasteiger partial charge in [0.15, 0.2) is 0 Å². The summed E-state index contributed by atoms with van der Waals surface area (Å²) in [6, 6.07) is 8.38. The van der Waals surface area contributed by atoms with Crippen molar-refractivity contribution in [1.29, 1.82) is 0 Å². The van der Waals surface area contributed by atoms with Gasteiger partial charge in [0.1, 0.15) is 0 Å². The minimum atomic E-state index is -0.453. The highest BCUT2D eigenvalue weighted by molar-refractivity contribution is 5.99. The molecule has 2 atom stereocenters. The van der Waals surface area contributed by atoms with Crippen LogP contribution in [0.1, 0.15) is 32.8 Å². The minimum Gasteiger partial charge on any atom is -0.329 e. The van der Waals surface area contributed by atoms with Crippen LogP contribution in [-0.4, -0.2) is 18.5 Å². The van der Waals surface area contributed by atoms with Crippen LogP contribution in [0.15, 0.2) is 24.3 Å². The van der Waals surface area contributed by atoms with Crippen LogP contribution in [0.4, 0.5) is 5.69 Å². The van der Waals surface area contributed by atoms with Gasteiger partial charge in [-0.15, -0.1) is 0 Å². The Morgan fingerprint density at radius 3 is 2.78 bits per heavy atom. The quantitative estimate of drug-likeness (QED) is 0.889. The first-order chi connectivity index (χ1) is 8.53. The predicted octanol–water partition coefficient (Wildman–Crippen LogP) is 2.34. The maximum atomic E-state index is 12.7. The number of para-hydroxylation sites is 1. The molecule has 0 spiro atoms. The molecule has 0 bridgehead atoms. The number of benzene rings is 1. The number of nitrogens with two attached hydrogens (primary N) is 1. The maximum absolute atomic E-state index is 12.7. The number of hydrogen-bond acceptors (Lipinski definition) is 2. The summed E-state index contributed by atoms with van der Waals surface area (Å²) in [6.07, 6.45) is 1.71. The molecule has 0 saturated carbocycles. The topological polar surface area (TPSA) is 46.3 Å². The summed E-state index contributed by atoms with van der Waals surface area (Å²) in [5, 5.41) is 0. The summed E-state index contributed by atoms with van der Waals surface area (Å²) in [6.45, 7) is 6.48. The van der Waals surface area contributed by atoms with E-state index in [1.807, 2.05) is 36.9 Å². The lowest BCUT2D eigenvalue weighted by molar-refractivity contribution is -0.127. The molecule has 0 radical (unpaired) electrons. The van der Waals surface area contributed by atoms with Gasteiger partial charge in [-0.05, 0) is 38.3 Å². The Morgan fingerprint density at radius 2 is 2.17 bits per heavy atom. The standard InChI is InChI=1S/C15H22N2O/c1-4-15(3,10-16)14(18)17-11(2)9-12-7-5-6-8-13(12)17/h5-8,11H,4,9-10,16H2,1-3H3. The molecule has 1 aromatic carbocycles. The number of fused-ring (bicyclic) bond motifs is 1. The Bertz CT molecular complexity index is 452. The minimum absolute atomic E-state index is 0.157. The van der Waals surface area contributed by atoms with E-state index in [1.165, 1.54) is 5.56 Å². The van der Waals surface area contributed by atoms with E-state index in [-0.39, 0.29) is 11.9 Å². The number of carbonyl (C=O) groups is 1. The second-order valence-corrected chi connectivity index (χ2v) is 5.48. The molecule has 2 N–H and O–H groups in total. The van der Waals surface area contributed by atoms with Gasteiger partial charge in [0.25, 0.3) is 0 Å². The van der Waals surface area contributed by atoms with Crippen LogP contribution < -0.4 is 10.6 Å². The molecule has 0 saturated heterocycles. The third-order valence-corrected chi connectivity index (χ3v) is 4.17. The smallest absolute Gasteiger partial charge is 0.234 e. The van der Waals surface area contributed by atoms with Crippen molar-refractivity contribution >= 4 is 11.6 Å². The molecule has 0 aromatic heterocycles. The molecule has 1 heterocycles. The Labute approximate surface area is 109 Å². The van der Waals surface area contributed by atoms with Crippen LogP contribution in [0, 0.1) is 5.41 Å². The van der Waals surface area contributed by atoms with Crippen LogP contribution >= 0.6 is 0 Å². The Kier molecular flexibility index (Phi) is 3.44.